The summed E-state index contributed by atoms with van der Waals surface area (Å²) in [5.74, 6) is 1.56. The van der Waals surface area contributed by atoms with Crippen molar-refractivity contribution in [2.45, 2.75) is 40.2 Å². The number of hydrogen-bond acceptors (Lipinski definition) is 6. The molecule has 8 heteroatoms. The largest absolute Gasteiger partial charge is 0.496 e. The molecule has 0 aliphatic heterocycles. The molecule has 0 bridgehead atoms. The molecule has 0 aliphatic rings. The maximum atomic E-state index is 12.4. The van der Waals surface area contributed by atoms with Gasteiger partial charge in [-0.25, -0.2) is 9.78 Å². The number of rotatable bonds is 9. The molecule has 0 aliphatic carbocycles. The minimum atomic E-state index is -0.708. The van der Waals surface area contributed by atoms with Crippen LogP contribution in [0.3, 0.4) is 0 Å². The highest BCUT2D eigenvalue weighted by Crippen LogP contribution is 2.27. The molecule has 8 nitrogen and oxygen atoms in total. The van der Waals surface area contributed by atoms with Crippen LogP contribution in [-0.4, -0.2) is 36.7 Å². The van der Waals surface area contributed by atoms with Crippen molar-refractivity contribution in [3.63, 3.8) is 0 Å². The van der Waals surface area contributed by atoms with Crippen LogP contribution in [0.5, 0.6) is 17.4 Å². The second-order valence-corrected chi connectivity index (χ2v) is 7.21. The Hall–Kier alpha value is -3.29. The van der Waals surface area contributed by atoms with Gasteiger partial charge >= 0.3 is 6.09 Å². The van der Waals surface area contributed by atoms with Crippen LogP contribution in [0.2, 0.25) is 0 Å². The Balaban J connectivity index is 1.93. The highest BCUT2D eigenvalue weighted by molar-refractivity contribution is 5.96. The Bertz CT molecular complexity index is 852. The number of nitrogens with zero attached hydrogens (tertiary/aromatic N) is 1. The average Bonchev–Trinajstić information content (AvgIpc) is 2.73. The molecule has 0 spiro atoms. The van der Waals surface area contributed by atoms with Crippen LogP contribution >= 0.6 is 0 Å². The van der Waals surface area contributed by atoms with Crippen molar-refractivity contribution in [3.05, 3.63) is 42.1 Å². The third kappa shape index (κ3) is 6.95. The summed E-state index contributed by atoms with van der Waals surface area (Å²) in [7, 11) is 1.60. The molecular formula is C22H29N3O5. The highest BCUT2D eigenvalue weighted by Gasteiger charge is 2.20. The van der Waals surface area contributed by atoms with Gasteiger partial charge in [0.1, 0.15) is 17.5 Å². The topological polar surface area (TPSA) is 98.8 Å². The normalized spacial score (nSPS) is 11.5. The quantitative estimate of drug-likeness (QED) is 0.634. The van der Waals surface area contributed by atoms with E-state index in [9.17, 15) is 9.59 Å². The number of pyridine rings is 1. The lowest BCUT2D eigenvalue weighted by atomic mass is 10.2. The van der Waals surface area contributed by atoms with Crippen LogP contribution in [0, 0.1) is 12.8 Å². The van der Waals surface area contributed by atoms with E-state index in [4.69, 9.17) is 14.2 Å². The summed E-state index contributed by atoms with van der Waals surface area (Å²) in [6.45, 7) is 7.92. The SMILES string of the molecule is CC[C@H](NC(=O)OCC(C)C)C(=O)Nc1ccc(Oc2ccc(C)c(OC)c2)nc1. The summed E-state index contributed by atoms with van der Waals surface area (Å²) in [6.07, 6.45) is 1.30. The maximum Gasteiger partial charge on any atom is 0.407 e. The Morgan fingerprint density at radius 1 is 1.17 bits per heavy atom. The summed E-state index contributed by atoms with van der Waals surface area (Å²) < 4.78 is 16.1. The van der Waals surface area contributed by atoms with Crippen LogP contribution in [0.25, 0.3) is 0 Å². The number of nitrogens with one attached hydrogen (secondary N) is 2. The number of hydrogen-bond donors (Lipinski definition) is 2. The zero-order chi connectivity index (χ0) is 22.1. The van der Waals surface area contributed by atoms with Crippen molar-refractivity contribution >= 4 is 17.7 Å². The molecule has 0 unspecified atom stereocenters. The minimum absolute atomic E-state index is 0.220. The lowest BCUT2D eigenvalue weighted by molar-refractivity contribution is -0.118. The van der Waals surface area contributed by atoms with Crippen LogP contribution in [0.15, 0.2) is 36.5 Å². The summed E-state index contributed by atoms with van der Waals surface area (Å²) in [5.41, 5.74) is 1.49. The van der Waals surface area contributed by atoms with E-state index in [2.05, 4.69) is 15.6 Å². The van der Waals surface area contributed by atoms with E-state index in [0.29, 0.717) is 30.3 Å². The van der Waals surface area contributed by atoms with E-state index in [0.717, 1.165) is 11.3 Å². The first-order chi connectivity index (χ1) is 14.3. The summed E-state index contributed by atoms with van der Waals surface area (Å²) in [6, 6.07) is 8.11. The maximum absolute atomic E-state index is 12.4. The number of amides is 2. The Labute approximate surface area is 176 Å². The van der Waals surface area contributed by atoms with Crippen molar-refractivity contribution in [1.29, 1.82) is 0 Å². The van der Waals surface area contributed by atoms with Crippen LogP contribution in [0.4, 0.5) is 10.5 Å². The number of carbonyl (C=O) groups excluding carboxylic acids is 2. The fourth-order valence-corrected chi connectivity index (χ4v) is 2.51. The predicted molar refractivity (Wildman–Crippen MR) is 114 cm³/mol. The second-order valence-electron chi connectivity index (χ2n) is 7.21. The average molecular weight is 415 g/mol. The van der Waals surface area contributed by atoms with Gasteiger partial charge in [-0.2, -0.15) is 0 Å². The molecule has 1 atom stereocenters. The fraction of sp³-hybridized carbons (Fsp3) is 0.409. The van der Waals surface area contributed by atoms with Crippen molar-refractivity contribution in [2.24, 2.45) is 5.92 Å². The van der Waals surface area contributed by atoms with Gasteiger partial charge in [-0.3, -0.25) is 4.79 Å². The van der Waals surface area contributed by atoms with E-state index < -0.39 is 12.1 Å². The third-order valence-electron chi connectivity index (χ3n) is 4.17. The van der Waals surface area contributed by atoms with Gasteiger partial charge in [-0.1, -0.05) is 26.8 Å². The zero-order valence-corrected chi connectivity index (χ0v) is 18.0. The van der Waals surface area contributed by atoms with E-state index in [-0.39, 0.29) is 11.8 Å². The second kappa shape index (κ2) is 11.0. The number of carbonyl (C=O) groups is 2. The third-order valence-corrected chi connectivity index (χ3v) is 4.17. The van der Waals surface area contributed by atoms with Crippen molar-refractivity contribution < 1.29 is 23.8 Å². The van der Waals surface area contributed by atoms with Crippen molar-refractivity contribution in [1.82, 2.24) is 10.3 Å². The van der Waals surface area contributed by atoms with Gasteiger partial charge < -0.3 is 24.8 Å². The Morgan fingerprint density at radius 3 is 2.53 bits per heavy atom. The van der Waals surface area contributed by atoms with Crippen LogP contribution in [0.1, 0.15) is 32.8 Å². The molecule has 0 saturated carbocycles. The first kappa shape index (κ1) is 23.0. The van der Waals surface area contributed by atoms with Crippen molar-refractivity contribution in [2.75, 3.05) is 19.0 Å². The lowest BCUT2D eigenvalue weighted by Crippen LogP contribution is -2.43. The van der Waals surface area contributed by atoms with Gasteiger partial charge in [0.25, 0.3) is 0 Å². The van der Waals surface area contributed by atoms with E-state index in [1.807, 2.05) is 32.9 Å². The number of anilines is 1. The van der Waals surface area contributed by atoms with Crippen molar-refractivity contribution in [3.8, 4) is 17.4 Å². The molecule has 2 N–H and O–H groups in total. The van der Waals surface area contributed by atoms with Gasteiger partial charge in [-0.15, -0.1) is 0 Å². The molecule has 1 aromatic carbocycles. The van der Waals surface area contributed by atoms with Crippen LogP contribution in [-0.2, 0) is 9.53 Å². The van der Waals surface area contributed by atoms with Gasteiger partial charge in [-0.05, 0) is 37.0 Å². The van der Waals surface area contributed by atoms with E-state index in [1.54, 1.807) is 32.2 Å². The van der Waals surface area contributed by atoms with E-state index >= 15 is 0 Å². The highest BCUT2D eigenvalue weighted by atomic mass is 16.5. The number of ether oxygens (including phenoxy) is 3. The number of aryl methyl sites for hydroxylation is 1. The summed E-state index contributed by atoms with van der Waals surface area (Å²) in [4.78, 5) is 28.5. The van der Waals surface area contributed by atoms with Gasteiger partial charge in [0.15, 0.2) is 0 Å². The first-order valence-electron chi connectivity index (χ1n) is 9.85. The Morgan fingerprint density at radius 2 is 1.93 bits per heavy atom. The molecule has 162 valence electrons. The molecule has 1 heterocycles. The number of alkyl carbamates (subject to hydrolysis) is 1. The number of aromatic nitrogens is 1. The minimum Gasteiger partial charge on any atom is -0.496 e. The number of benzene rings is 1. The molecule has 2 rings (SSSR count). The lowest BCUT2D eigenvalue weighted by Gasteiger charge is -2.17. The molecule has 2 amide bonds. The molecule has 0 fully saturated rings. The monoisotopic (exact) mass is 415 g/mol. The molecule has 0 saturated heterocycles. The van der Waals surface area contributed by atoms with E-state index in [1.165, 1.54) is 6.20 Å². The van der Waals surface area contributed by atoms with Gasteiger partial charge in [0, 0.05) is 12.1 Å². The first-order valence-corrected chi connectivity index (χ1v) is 9.85. The number of methoxy groups -OCH3 is 1. The molecule has 1 aromatic heterocycles. The summed E-state index contributed by atoms with van der Waals surface area (Å²) in [5, 5.41) is 5.30. The van der Waals surface area contributed by atoms with Crippen LogP contribution < -0.4 is 20.1 Å². The zero-order valence-electron chi connectivity index (χ0n) is 18.0. The summed E-state index contributed by atoms with van der Waals surface area (Å²) >= 11 is 0. The standard InChI is InChI=1S/C22H29N3O5/c1-6-18(25-22(27)29-13-14(2)3)21(26)24-16-8-10-20(23-12-16)30-17-9-7-15(4)19(11-17)28-5/h7-12,14,18H,6,13H2,1-5H3,(H,24,26)(H,25,27)/t18-/m0/s1. The molecule has 2 aromatic rings. The van der Waals surface area contributed by atoms with Gasteiger partial charge in [0.2, 0.25) is 11.8 Å². The fourth-order valence-electron chi connectivity index (χ4n) is 2.51. The van der Waals surface area contributed by atoms with Gasteiger partial charge in [0.05, 0.1) is 25.6 Å². The smallest absolute Gasteiger partial charge is 0.407 e. The Kier molecular flexibility index (Phi) is 8.46. The molecule has 0 radical (unpaired) electrons. The molecule has 30 heavy (non-hydrogen) atoms. The molecular weight excluding hydrogens is 386 g/mol. The predicted octanol–water partition coefficient (Wildman–Crippen LogP) is 4.29.